The molecule has 1 aliphatic heterocycles. The number of rotatable bonds is 7. The van der Waals surface area contributed by atoms with Gasteiger partial charge in [0.1, 0.15) is 18.2 Å². The van der Waals surface area contributed by atoms with E-state index in [0.717, 1.165) is 45.9 Å². The summed E-state index contributed by atoms with van der Waals surface area (Å²) in [6.07, 6.45) is 4.30. The van der Waals surface area contributed by atoms with E-state index in [1.54, 1.807) is 17.5 Å². The predicted molar refractivity (Wildman–Crippen MR) is 126 cm³/mol. The number of hydrogen-bond acceptors (Lipinski definition) is 8. The van der Waals surface area contributed by atoms with E-state index in [9.17, 15) is 4.79 Å². The number of anilines is 3. The molecule has 1 aliphatic rings. The number of aryl methyl sites for hydroxylation is 1. The summed E-state index contributed by atoms with van der Waals surface area (Å²) in [5.74, 6) is 0.531. The van der Waals surface area contributed by atoms with Gasteiger partial charge >= 0.3 is 5.97 Å². The van der Waals surface area contributed by atoms with E-state index in [2.05, 4.69) is 25.2 Å². The summed E-state index contributed by atoms with van der Waals surface area (Å²) in [7, 11) is 0. The maximum atomic E-state index is 10.7. The van der Waals surface area contributed by atoms with Crippen molar-refractivity contribution in [3.8, 4) is 10.6 Å². The van der Waals surface area contributed by atoms with Gasteiger partial charge in [0.05, 0.1) is 16.7 Å². The van der Waals surface area contributed by atoms with Crippen molar-refractivity contribution in [2.75, 3.05) is 29.9 Å². The number of carboxylic acid groups (broad SMARTS) is 1. The number of pyridine rings is 2. The Morgan fingerprint density at radius 2 is 2.13 bits per heavy atom. The van der Waals surface area contributed by atoms with Gasteiger partial charge in [-0.2, -0.15) is 0 Å². The zero-order valence-electron chi connectivity index (χ0n) is 16.7. The van der Waals surface area contributed by atoms with E-state index in [-0.39, 0.29) is 37.5 Å². The molecule has 0 bridgehead atoms. The Hall–Kier alpha value is -2.46. The third-order valence-electron chi connectivity index (χ3n) is 4.52. The van der Waals surface area contributed by atoms with E-state index >= 15 is 0 Å². The van der Waals surface area contributed by atoms with Crippen LogP contribution in [0.4, 0.5) is 16.8 Å². The van der Waals surface area contributed by atoms with E-state index in [4.69, 9.17) is 9.84 Å². The van der Waals surface area contributed by atoms with E-state index in [0.29, 0.717) is 6.54 Å². The Kier molecular flexibility index (Phi) is 9.00. The normalized spacial score (nSPS) is 15.1. The van der Waals surface area contributed by atoms with E-state index < -0.39 is 5.97 Å². The summed E-state index contributed by atoms with van der Waals surface area (Å²) >= 11 is 1.56. The second-order valence-electron chi connectivity index (χ2n) is 6.82. The molecule has 1 fully saturated rings. The Morgan fingerprint density at radius 3 is 2.90 bits per heavy atom. The fourth-order valence-corrected chi connectivity index (χ4v) is 4.05. The molecule has 0 radical (unpaired) electrons. The van der Waals surface area contributed by atoms with Crippen molar-refractivity contribution in [1.29, 1.82) is 0 Å². The third-order valence-corrected chi connectivity index (χ3v) is 5.61. The molecule has 4 rings (SSSR count). The molecule has 8 nitrogen and oxygen atoms in total. The minimum absolute atomic E-state index is 0. The molecule has 0 saturated carbocycles. The summed E-state index contributed by atoms with van der Waals surface area (Å²) in [6.45, 7) is 3.20. The number of carboxylic acids is 1. The Balaban J connectivity index is 0.00000171. The molecule has 1 atom stereocenters. The maximum Gasteiger partial charge on any atom is 0.329 e. The van der Waals surface area contributed by atoms with Crippen LogP contribution in [0.25, 0.3) is 10.6 Å². The molecule has 0 amide bonds. The average Bonchev–Trinajstić information content (AvgIpc) is 3.36. The summed E-state index contributed by atoms with van der Waals surface area (Å²) in [5, 5.41) is 12.9. The van der Waals surface area contributed by atoms with Gasteiger partial charge in [0.2, 0.25) is 0 Å². The first-order valence-electron chi connectivity index (χ1n) is 9.28. The van der Waals surface area contributed by atoms with Crippen LogP contribution in [-0.4, -0.2) is 51.8 Å². The average molecular weight is 484 g/mol. The highest BCUT2D eigenvalue weighted by Gasteiger charge is 2.26. The quantitative estimate of drug-likeness (QED) is 0.516. The number of aromatic nitrogens is 3. The smallest absolute Gasteiger partial charge is 0.329 e. The van der Waals surface area contributed by atoms with E-state index in [1.165, 1.54) is 0 Å². The largest absolute Gasteiger partial charge is 0.480 e. The summed E-state index contributed by atoms with van der Waals surface area (Å²) in [6, 6.07) is 9.72. The van der Waals surface area contributed by atoms with Gasteiger partial charge in [0, 0.05) is 25.5 Å². The van der Waals surface area contributed by atoms with Crippen molar-refractivity contribution >= 4 is 58.9 Å². The van der Waals surface area contributed by atoms with Crippen LogP contribution >= 0.6 is 36.2 Å². The molecule has 1 saturated heterocycles. The molecule has 11 heteroatoms. The molecular weight excluding hydrogens is 461 g/mol. The number of hydrogen-bond donors (Lipinski definition) is 2. The lowest BCUT2D eigenvalue weighted by atomic mass is 10.3. The fourth-order valence-electron chi connectivity index (χ4n) is 3.13. The van der Waals surface area contributed by atoms with E-state index in [1.807, 2.05) is 43.5 Å². The van der Waals surface area contributed by atoms with Crippen molar-refractivity contribution in [3.63, 3.8) is 0 Å². The lowest BCUT2D eigenvalue weighted by Crippen LogP contribution is -2.24. The molecule has 0 spiro atoms. The molecule has 1 unspecified atom stereocenters. The number of carbonyl (C=O) groups is 1. The van der Waals surface area contributed by atoms with Gasteiger partial charge in [0.25, 0.3) is 0 Å². The molecule has 3 aromatic rings. The molecule has 0 aromatic carbocycles. The first-order valence-corrected chi connectivity index (χ1v) is 10.1. The van der Waals surface area contributed by atoms with Crippen molar-refractivity contribution < 1.29 is 14.6 Å². The monoisotopic (exact) mass is 483 g/mol. The lowest BCUT2D eigenvalue weighted by Gasteiger charge is -2.14. The summed E-state index contributed by atoms with van der Waals surface area (Å²) in [5.41, 5.74) is 1.96. The van der Waals surface area contributed by atoms with Crippen LogP contribution in [0, 0.1) is 6.92 Å². The number of nitrogens with one attached hydrogen (secondary N) is 1. The van der Waals surface area contributed by atoms with Gasteiger partial charge in [-0.1, -0.05) is 17.4 Å². The van der Waals surface area contributed by atoms with Gasteiger partial charge in [-0.05, 0) is 43.2 Å². The number of ether oxygens (including phenoxy) is 1. The van der Waals surface area contributed by atoms with Crippen LogP contribution in [0.2, 0.25) is 0 Å². The van der Waals surface area contributed by atoms with Crippen molar-refractivity contribution in [3.05, 3.63) is 48.3 Å². The third kappa shape index (κ3) is 6.51. The number of aliphatic carboxylic acids is 1. The highest BCUT2D eigenvalue weighted by Crippen LogP contribution is 2.32. The summed E-state index contributed by atoms with van der Waals surface area (Å²) < 4.78 is 5.40. The molecule has 3 aromatic heterocycles. The van der Waals surface area contributed by atoms with Crippen LogP contribution in [-0.2, 0) is 9.53 Å². The van der Waals surface area contributed by atoms with Crippen LogP contribution in [0.5, 0.6) is 0 Å². The van der Waals surface area contributed by atoms with Crippen molar-refractivity contribution in [2.24, 2.45) is 0 Å². The maximum absolute atomic E-state index is 10.7. The molecule has 166 valence electrons. The van der Waals surface area contributed by atoms with Gasteiger partial charge < -0.3 is 20.1 Å². The van der Waals surface area contributed by atoms with Crippen LogP contribution in [0.15, 0.2) is 42.7 Å². The zero-order valence-corrected chi connectivity index (χ0v) is 19.2. The Labute approximate surface area is 196 Å². The van der Waals surface area contributed by atoms with Gasteiger partial charge in [-0.15, -0.1) is 24.8 Å². The highest BCUT2D eigenvalue weighted by molar-refractivity contribution is 7.18. The number of thiazole rings is 1. The van der Waals surface area contributed by atoms with Crippen molar-refractivity contribution in [1.82, 2.24) is 15.0 Å². The second kappa shape index (κ2) is 11.2. The fraction of sp³-hybridized carbons (Fsp3) is 0.300. The molecule has 0 aliphatic carbocycles. The number of halogens is 2. The van der Waals surface area contributed by atoms with Crippen LogP contribution in [0.1, 0.15) is 12.0 Å². The molecular formula is C20H23Cl2N5O3S. The molecule has 4 heterocycles. The standard InChI is InChI=1S/C20H21N5O3S.2ClH/c1-13-5-7-21-18(9-13)24-17-4-2-3-15(23-17)16-10-22-20(29-16)25-8-6-14(11-25)28-12-19(26)27;;/h2-5,7,9-10,14H,6,8,11-12H2,1H3,(H,26,27)(H,21,23,24);2*1H. The lowest BCUT2D eigenvalue weighted by molar-refractivity contribution is -0.143. The SMILES string of the molecule is Cc1ccnc(Nc2cccc(-c3cnc(N4CCC(OCC(=O)O)C4)s3)n2)c1.Cl.Cl. The summed E-state index contributed by atoms with van der Waals surface area (Å²) in [4.78, 5) is 27.3. The first-order chi connectivity index (χ1) is 14.1. The minimum atomic E-state index is -0.944. The Bertz CT molecular complexity index is 1020. The topological polar surface area (TPSA) is 100 Å². The second-order valence-corrected chi connectivity index (χ2v) is 7.83. The Morgan fingerprint density at radius 1 is 1.29 bits per heavy atom. The predicted octanol–water partition coefficient (Wildman–Crippen LogP) is 4.18. The first kappa shape index (κ1) is 24.8. The van der Waals surface area contributed by atoms with Gasteiger partial charge in [0.15, 0.2) is 5.13 Å². The minimum Gasteiger partial charge on any atom is -0.480 e. The van der Waals surface area contributed by atoms with Crippen LogP contribution < -0.4 is 10.2 Å². The molecule has 31 heavy (non-hydrogen) atoms. The van der Waals surface area contributed by atoms with Crippen molar-refractivity contribution in [2.45, 2.75) is 19.4 Å². The molecule has 2 N–H and O–H groups in total. The van der Waals surface area contributed by atoms with Gasteiger partial charge in [-0.3, -0.25) is 0 Å². The number of nitrogens with zero attached hydrogens (tertiary/aromatic N) is 4. The zero-order chi connectivity index (χ0) is 20.2. The van der Waals surface area contributed by atoms with Gasteiger partial charge in [-0.25, -0.2) is 19.7 Å². The van der Waals surface area contributed by atoms with Crippen LogP contribution in [0.3, 0.4) is 0 Å². The highest BCUT2D eigenvalue weighted by atomic mass is 35.5.